The number of hydrogen-bond donors (Lipinski definition) is 2. The van der Waals surface area contributed by atoms with Gasteiger partial charge in [0.25, 0.3) is 10.0 Å². The summed E-state index contributed by atoms with van der Waals surface area (Å²) in [6.45, 7) is 0. The van der Waals surface area contributed by atoms with Gasteiger partial charge in [-0.15, -0.1) is 4.83 Å². The molecule has 2 aromatic rings. The number of sulfonamides is 1. The zero-order valence-corrected chi connectivity index (χ0v) is 13.4. The maximum absolute atomic E-state index is 13.0. The van der Waals surface area contributed by atoms with E-state index >= 15 is 0 Å². The van der Waals surface area contributed by atoms with Gasteiger partial charge >= 0.3 is 12.1 Å². The minimum atomic E-state index is -4.97. The molecule has 8 nitrogen and oxygen atoms in total. The number of hydrogen-bond acceptors (Lipinski definition) is 7. The average molecular weight is 376 g/mol. The van der Waals surface area contributed by atoms with Crippen LogP contribution in [-0.4, -0.2) is 31.5 Å². The second-order valence-corrected chi connectivity index (χ2v) is 6.17. The van der Waals surface area contributed by atoms with E-state index in [1.165, 1.54) is 24.3 Å². The number of carbonyl (C=O) groups excluding carboxylic acids is 1. The number of ether oxygens (including phenoxy) is 1. The summed E-state index contributed by atoms with van der Waals surface area (Å²) in [6, 6.07) is 7.10. The van der Waals surface area contributed by atoms with Gasteiger partial charge in [-0.25, -0.2) is 23.2 Å². The number of rotatable bonds is 5. The molecule has 0 atom stereocenters. The summed E-state index contributed by atoms with van der Waals surface area (Å²) in [6.07, 6.45) is -4.39. The van der Waals surface area contributed by atoms with Gasteiger partial charge in [-0.3, -0.25) is 5.43 Å². The fourth-order valence-corrected chi connectivity index (χ4v) is 2.55. The smallest absolute Gasteiger partial charge is 0.434 e. The average Bonchev–Trinajstić information content (AvgIpc) is 2.59. The molecule has 0 fully saturated rings. The normalized spacial score (nSPS) is 11.8. The lowest BCUT2D eigenvalue weighted by Crippen LogP contribution is -2.31. The number of anilines is 1. The summed E-state index contributed by atoms with van der Waals surface area (Å²) >= 11 is 0. The highest BCUT2D eigenvalue weighted by atomic mass is 32.2. The second kappa shape index (κ2) is 7.03. The zero-order chi connectivity index (χ0) is 18.7. The molecule has 25 heavy (non-hydrogen) atoms. The number of methoxy groups -OCH3 is 1. The van der Waals surface area contributed by atoms with Gasteiger partial charge in [-0.2, -0.15) is 13.2 Å². The van der Waals surface area contributed by atoms with Gasteiger partial charge in [0.05, 0.1) is 12.0 Å². The Balaban J connectivity index is 2.28. The van der Waals surface area contributed by atoms with Crippen molar-refractivity contribution in [3.8, 4) is 0 Å². The Hall–Kier alpha value is -2.73. The first-order valence-corrected chi connectivity index (χ1v) is 7.99. The van der Waals surface area contributed by atoms with Crippen molar-refractivity contribution in [2.24, 2.45) is 0 Å². The summed E-state index contributed by atoms with van der Waals surface area (Å²) in [5, 5.41) is 0. The van der Waals surface area contributed by atoms with Gasteiger partial charge in [0.15, 0.2) is 5.69 Å². The molecular weight excluding hydrogens is 365 g/mol. The van der Waals surface area contributed by atoms with Crippen molar-refractivity contribution in [2.45, 2.75) is 11.1 Å². The van der Waals surface area contributed by atoms with Crippen molar-refractivity contribution in [1.82, 2.24) is 14.8 Å². The van der Waals surface area contributed by atoms with E-state index in [0.717, 1.165) is 7.11 Å². The minimum Gasteiger partial charge on any atom is -0.465 e. The lowest BCUT2D eigenvalue weighted by molar-refractivity contribution is -0.141. The first-order chi connectivity index (χ1) is 11.6. The lowest BCUT2D eigenvalue weighted by Gasteiger charge is -2.12. The molecule has 0 aliphatic carbocycles. The van der Waals surface area contributed by atoms with E-state index in [1.807, 2.05) is 10.3 Å². The zero-order valence-electron chi connectivity index (χ0n) is 12.5. The molecule has 0 saturated heterocycles. The SMILES string of the molecule is COC(=O)c1cnc(NNS(=O)(=O)c2ccccc2)nc1C(F)(F)F. The predicted molar refractivity (Wildman–Crippen MR) is 78.8 cm³/mol. The molecule has 134 valence electrons. The van der Waals surface area contributed by atoms with Gasteiger partial charge < -0.3 is 4.74 Å². The quantitative estimate of drug-likeness (QED) is 0.602. The molecule has 1 aromatic heterocycles. The van der Waals surface area contributed by atoms with Crippen LogP contribution in [0.3, 0.4) is 0 Å². The fraction of sp³-hybridized carbons (Fsp3) is 0.154. The van der Waals surface area contributed by atoms with Gasteiger partial charge in [-0.1, -0.05) is 18.2 Å². The van der Waals surface area contributed by atoms with E-state index in [9.17, 15) is 26.4 Å². The minimum absolute atomic E-state index is 0.121. The van der Waals surface area contributed by atoms with Crippen molar-refractivity contribution in [2.75, 3.05) is 12.5 Å². The van der Waals surface area contributed by atoms with Crippen LogP contribution in [0.15, 0.2) is 41.4 Å². The summed E-state index contributed by atoms with van der Waals surface area (Å²) in [4.78, 5) is 19.7. The largest absolute Gasteiger partial charge is 0.465 e. The van der Waals surface area contributed by atoms with Crippen molar-refractivity contribution < 1.29 is 31.1 Å². The molecule has 12 heteroatoms. The summed E-state index contributed by atoms with van der Waals surface area (Å²) in [7, 11) is -3.15. The highest BCUT2D eigenvalue weighted by Gasteiger charge is 2.38. The molecule has 2 N–H and O–H groups in total. The maximum Gasteiger partial charge on any atom is 0.434 e. The molecule has 0 aliphatic heterocycles. The number of nitrogens with one attached hydrogen (secondary N) is 2. The third-order valence-electron chi connectivity index (χ3n) is 2.81. The molecule has 0 amide bonds. The number of alkyl halides is 3. The van der Waals surface area contributed by atoms with E-state index in [4.69, 9.17) is 0 Å². The van der Waals surface area contributed by atoms with Gasteiger partial charge in [-0.05, 0) is 12.1 Å². The highest BCUT2D eigenvalue weighted by Crippen LogP contribution is 2.31. The molecular formula is C13H11F3N4O4S. The van der Waals surface area contributed by atoms with Crippen LogP contribution in [0.2, 0.25) is 0 Å². The van der Waals surface area contributed by atoms with Crippen LogP contribution in [0.1, 0.15) is 16.1 Å². The first kappa shape index (κ1) is 18.6. The number of aromatic nitrogens is 2. The van der Waals surface area contributed by atoms with Crippen LogP contribution in [-0.2, 0) is 20.9 Å². The van der Waals surface area contributed by atoms with Crippen LogP contribution in [0.25, 0.3) is 0 Å². The topological polar surface area (TPSA) is 110 Å². The summed E-state index contributed by atoms with van der Waals surface area (Å²) in [5.74, 6) is -1.97. The maximum atomic E-state index is 13.0. The Kier molecular flexibility index (Phi) is 5.23. The van der Waals surface area contributed by atoms with Gasteiger partial charge in [0, 0.05) is 6.20 Å². The third kappa shape index (κ3) is 4.42. The molecule has 2 rings (SSSR count). The number of carbonyl (C=O) groups is 1. The summed E-state index contributed by atoms with van der Waals surface area (Å²) < 4.78 is 67.2. The molecule has 0 saturated carbocycles. The summed E-state index contributed by atoms with van der Waals surface area (Å²) in [5.41, 5.74) is -0.489. The van der Waals surface area contributed by atoms with Gasteiger partial charge in [0.1, 0.15) is 5.56 Å². The number of halogens is 3. The monoisotopic (exact) mass is 376 g/mol. The van der Waals surface area contributed by atoms with E-state index in [2.05, 4.69) is 14.7 Å². The highest BCUT2D eigenvalue weighted by molar-refractivity contribution is 7.89. The number of hydrazine groups is 1. The Morgan fingerprint density at radius 2 is 1.84 bits per heavy atom. The van der Waals surface area contributed by atoms with E-state index in [0.29, 0.717) is 6.20 Å². The van der Waals surface area contributed by atoms with Gasteiger partial charge in [0.2, 0.25) is 5.95 Å². The Labute approximate surface area is 140 Å². The van der Waals surface area contributed by atoms with Crippen molar-refractivity contribution in [1.29, 1.82) is 0 Å². The standard InChI is InChI=1S/C13H11F3N4O4S/c1-24-11(21)9-7-17-12(18-10(9)13(14,15)16)19-20-25(22,23)8-5-3-2-4-6-8/h2-7,20H,1H3,(H,17,18,19). The second-order valence-electron chi connectivity index (χ2n) is 4.49. The lowest BCUT2D eigenvalue weighted by atomic mass is 10.2. The molecule has 0 aliphatic rings. The number of nitrogens with zero attached hydrogens (tertiary/aromatic N) is 2. The molecule has 0 unspecified atom stereocenters. The van der Waals surface area contributed by atoms with Crippen LogP contribution in [0.4, 0.5) is 19.1 Å². The molecule has 1 aromatic carbocycles. The van der Waals surface area contributed by atoms with E-state index in [-0.39, 0.29) is 4.90 Å². The Morgan fingerprint density at radius 1 is 1.20 bits per heavy atom. The predicted octanol–water partition coefficient (Wildman–Crippen LogP) is 1.59. The number of benzene rings is 1. The fourth-order valence-electron chi connectivity index (χ4n) is 1.69. The van der Waals surface area contributed by atoms with Crippen LogP contribution in [0, 0.1) is 0 Å². The van der Waals surface area contributed by atoms with Crippen LogP contribution < -0.4 is 10.3 Å². The van der Waals surface area contributed by atoms with Crippen molar-refractivity contribution >= 4 is 21.9 Å². The van der Waals surface area contributed by atoms with Crippen molar-refractivity contribution in [3.05, 3.63) is 47.8 Å². The Morgan fingerprint density at radius 3 is 2.40 bits per heavy atom. The van der Waals surface area contributed by atoms with Crippen molar-refractivity contribution in [3.63, 3.8) is 0 Å². The molecule has 0 radical (unpaired) electrons. The molecule has 1 heterocycles. The van der Waals surface area contributed by atoms with E-state index < -0.39 is 39.4 Å². The van der Waals surface area contributed by atoms with Crippen LogP contribution in [0.5, 0.6) is 0 Å². The van der Waals surface area contributed by atoms with E-state index in [1.54, 1.807) is 6.07 Å². The first-order valence-electron chi connectivity index (χ1n) is 6.50. The number of esters is 1. The molecule has 0 bridgehead atoms. The Bertz CT molecular complexity index is 873. The van der Waals surface area contributed by atoms with Crippen LogP contribution >= 0.6 is 0 Å². The third-order valence-corrected chi connectivity index (χ3v) is 4.08. The molecule has 0 spiro atoms.